The Kier molecular flexibility index (Phi) is 0.828. The SMILES string of the molecule is C1=Cn2ccnc2NC1. The Morgan fingerprint density at radius 3 is 3.56 bits per heavy atom. The lowest BCUT2D eigenvalue weighted by Gasteiger charge is -2.07. The van der Waals surface area contributed by atoms with Crippen molar-refractivity contribution in [2.75, 3.05) is 11.9 Å². The van der Waals surface area contributed by atoms with Crippen molar-refractivity contribution in [3.63, 3.8) is 0 Å². The highest BCUT2D eigenvalue weighted by molar-refractivity contribution is 5.43. The minimum absolute atomic E-state index is 0.886. The topological polar surface area (TPSA) is 29.9 Å². The van der Waals surface area contributed by atoms with Crippen molar-refractivity contribution in [3.05, 3.63) is 18.5 Å². The molecule has 0 bridgehead atoms. The fraction of sp³-hybridized carbons (Fsp3) is 0.167. The summed E-state index contributed by atoms with van der Waals surface area (Å²) < 4.78 is 1.95. The van der Waals surface area contributed by atoms with E-state index in [2.05, 4.69) is 16.4 Å². The summed E-state index contributed by atoms with van der Waals surface area (Å²) in [6, 6.07) is 0. The van der Waals surface area contributed by atoms with Crippen molar-refractivity contribution in [2.24, 2.45) is 0 Å². The van der Waals surface area contributed by atoms with Crippen LogP contribution in [0.25, 0.3) is 6.20 Å². The third-order valence-corrected chi connectivity index (χ3v) is 1.31. The van der Waals surface area contributed by atoms with E-state index in [1.807, 2.05) is 17.0 Å². The maximum atomic E-state index is 4.06. The quantitative estimate of drug-likeness (QED) is 0.549. The third kappa shape index (κ3) is 0.614. The monoisotopic (exact) mass is 121 g/mol. The van der Waals surface area contributed by atoms with Crippen LogP contribution in [0.4, 0.5) is 5.95 Å². The summed E-state index contributed by atoms with van der Waals surface area (Å²) in [5.41, 5.74) is 0. The van der Waals surface area contributed by atoms with Crippen molar-refractivity contribution < 1.29 is 0 Å². The van der Waals surface area contributed by atoms with Crippen LogP contribution in [-0.2, 0) is 0 Å². The van der Waals surface area contributed by atoms with Gasteiger partial charge in [-0.3, -0.25) is 4.57 Å². The number of fused-ring (bicyclic) bond motifs is 1. The standard InChI is InChI=1S/C6H7N3/c1-2-7-6-8-3-5-9(6)4-1/h1,3-5H,2H2,(H,7,8). The van der Waals surface area contributed by atoms with Crippen LogP contribution in [0.2, 0.25) is 0 Å². The lowest BCUT2D eigenvalue weighted by Crippen LogP contribution is -2.07. The molecule has 1 N–H and O–H groups in total. The summed E-state index contributed by atoms with van der Waals surface area (Å²) in [5, 5.41) is 3.11. The highest BCUT2D eigenvalue weighted by atomic mass is 15.2. The van der Waals surface area contributed by atoms with Crippen LogP contribution in [0.3, 0.4) is 0 Å². The van der Waals surface area contributed by atoms with Gasteiger partial charge in [0, 0.05) is 25.1 Å². The van der Waals surface area contributed by atoms with Gasteiger partial charge in [-0.1, -0.05) is 0 Å². The molecule has 0 unspecified atom stereocenters. The lowest BCUT2D eigenvalue weighted by molar-refractivity contribution is 1.06. The van der Waals surface area contributed by atoms with Crippen LogP contribution < -0.4 is 5.32 Å². The summed E-state index contributed by atoms with van der Waals surface area (Å²) in [6.07, 6.45) is 7.74. The maximum Gasteiger partial charge on any atom is 0.207 e. The Labute approximate surface area is 53.0 Å². The van der Waals surface area contributed by atoms with Crippen LogP contribution in [0.1, 0.15) is 0 Å². The molecule has 0 amide bonds. The molecule has 0 fully saturated rings. The normalized spacial score (nSPS) is 14.7. The van der Waals surface area contributed by atoms with Gasteiger partial charge in [-0.25, -0.2) is 4.98 Å². The van der Waals surface area contributed by atoms with Crippen LogP contribution in [-0.4, -0.2) is 16.1 Å². The van der Waals surface area contributed by atoms with Crippen molar-refractivity contribution in [2.45, 2.75) is 0 Å². The largest absolute Gasteiger partial charge is 0.352 e. The first-order valence-electron chi connectivity index (χ1n) is 2.90. The molecule has 0 aliphatic carbocycles. The second-order valence-corrected chi connectivity index (χ2v) is 1.92. The van der Waals surface area contributed by atoms with Gasteiger partial charge in [0.25, 0.3) is 0 Å². The second kappa shape index (κ2) is 1.62. The van der Waals surface area contributed by atoms with E-state index in [4.69, 9.17) is 0 Å². The number of nitrogens with one attached hydrogen (secondary N) is 1. The number of hydrogen-bond acceptors (Lipinski definition) is 2. The highest BCUT2D eigenvalue weighted by Gasteiger charge is 1.99. The molecule has 0 spiro atoms. The number of aromatic nitrogens is 2. The van der Waals surface area contributed by atoms with E-state index in [-0.39, 0.29) is 0 Å². The molecule has 1 aromatic heterocycles. The molecule has 46 valence electrons. The molecular formula is C6H7N3. The van der Waals surface area contributed by atoms with Gasteiger partial charge >= 0.3 is 0 Å². The van der Waals surface area contributed by atoms with Gasteiger partial charge in [0.1, 0.15) is 0 Å². The Morgan fingerprint density at radius 1 is 1.67 bits per heavy atom. The van der Waals surface area contributed by atoms with Crippen molar-refractivity contribution in [3.8, 4) is 0 Å². The summed E-state index contributed by atoms with van der Waals surface area (Å²) in [4.78, 5) is 4.06. The molecule has 2 heterocycles. The van der Waals surface area contributed by atoms with Crippen molar-refractivity contribution in [1.29, 1.82) is 0 Å². The average Bonchev–Trinajstić information content (AvgIpc) is 2.33. The van der Waals surface area contributed by atoms with E-state index in [1.54, 1.807) is 6.20 Å². The molecule has 0 saturated carbocycles. The Hall–Kier alpha value is -1.25. The fourth-order valence-electron chi connectivity index (χ4n) is 0.887. The Bertz CT molecular complexity index is 236. The molecule has 3 heteroatoms. The lowest BCUT2D eigenvalue weighted by atomic mass is 10.5. The van der Waals surface area contributed by atoms with E-state index in [1.165, 1.54) is 0 Å². The zero-order valence-electron chi connectivity index (χ0n) is 4.91. The van der Waals surface area contributed by atoms with Crippen LogP contribution in [0.5, 0.6) is 0 Å². The van der Waals surface area contributed by atoms with Crippen molar-refractivity contribution >= 4 is 12.1 Å². The molecule has 0 radical (unpaired) electrons. The Balaban J connectivity index is 2.53. The van der Waals surface area contributed by atoms with Gasteiger partial charge in [0.05, 0.1) is 0 Å². The van der Waals surface area contributed by atoms with Gasteiger partial charge in [-0.2, -0.15) is 0 Å². The number of nitrogens with zero attached hydrogens (tertiary/aromatic N) is 2. The van der Waals surface area contributed by atoms with E-state index < -0.39 is 0 Å². The zero-order valence-corrected chi connectivity index (χ0v) is 4.91. The molecule has 0 saturated heterocycles. The van der Waals surface area contributed by atoms with Gasteiger partial charge in [0.15, 0.2) is 0 Å². The smallest absolute Gasteiger partial charge is 0.207 e. The van der Waals surface area contributed by atoms with Crippen LogP contribution >= 0.6 is 0 Å². The van der Waals surface area contributed by atoms with Crippen LogP contribution in [0.15, 0.2) is 18.5 Å². The molecule has 0 aromatic carbocycles. The zero-order chi connectivity index (χ0) is 6.10. The van der Waals surface area contributed by atoms with Crippen LogP contribution in [0, 0.1) is 0 Å². The predicted molar refractivity (Wildman–Crippen MR) is 36.0 cm³/mol. The maximum absolute atomic E-state index is 4.06. The number of anilines is 1. The minimum atomic E-state index is 0.886. The first kappa shape index (κ1) is 4.61. The van der Waals surface area contributed by atoms with Gasteiger partial charge < -0.3 is 5.32 Å². The van der Waals surface area contributed by atoms with Crippen molar-refractivity contribution in [1.82, 2.24) is 9.55 Å². The first-order valence-corrected chi connectivity index (χ1v) is 2.90. The molecule has 1 aromatic rings. The van der Waals surface area contributed by atoms with E-state index >= 15 is 0 Å². The van der Waals surface area contributed by atoms with Gasteiger partial charge in [-0.15, -0.1) is 0 Å². The number of hydrogen-bond donors (Lipinski definition) is 1. The van der Waals surface area contributed by atoms with E-state index in [0.717, 1.165) is 12.5 Å². The number of imidazole rings is 1. The predicted octanol–water partition coefficient (Wildman–Crippen LogP) is 0.779. The first-order chi connectivity index (χ1) is 4.47. The molecule has 1 aliphatic heterocycles. The Morgan fingerprint density at radius 2 is 2.67 bits per heavy atom. The highest BCUT2D eigenvalue weighted by Crippen LogP contribution is 2.07. The summed E-state index contributed by atoms with van der Waals surface area (Å²) in [5.74, 6) is 0.928. The molecule has 3 nitrogen and oxygen atoms in total. The molecule has 9 heavy (non-hydrogen) atoms. The summed E-state index contributed by atoms with van der Waals surface area (Å²) in [7, 11) is 0. The average molecular weight is 121 g/mol. The molecule has 1 aliphatic rings. The third-order valence-electron chi connectivity index (χ3n) is 1.31. The molecule has 2 rings (SSSR count). The van der Waals surface area contributed by atoms with Gasteiger partial charge in [-0.05, 0) is 6.08 Å². The summed E-state index contributed by atoms with van der Waals surface area (Å²) in [6.45, 7) is 0.886. The fourth-order valence-corrected chi connectivity index (χ4v) is 0.887. The molecule has 0 atom stereocenters. The van der Waals surface area contributed by atoms with Gasteiger partial charge in [0.2, 0.25) is 5.95 Å². The second-order valence-electron chi connectivity index (χ2n) is 1.92. The minimum Gasteiger partial charge on any atom is -0.352 e. The summed E-state index contributed by atoms with van der Waals surface area (Å²) >= 11 is 0. The molecular weight excluding hydrogens is 114 g/mol. The number of rotatable bonds is 0. The van der Waals surface area contributed by atoms with E-state index in [9.17, 15) is 0 Å². The van der Waals surface area contributed by atoms with E-state index in [0.29, 0.717) is 0 Å².